The van der Waals surface area contributed by atoms with Crippen LogP contribution in [0.3, 0.4) is 0 Å². The minimum atomic E-state index is -0.721. The largest absolute Gasteiger partial charge is 0.462 e. The van der Waals surface area contributed by atoms with E-state index in [-0.39, 0.29) is 17.6 Å². The minimum absolute atomic E-state index is 0.104. The van der Waals surface area contributed by atoms with Gasteiger partial charge in [0, 0.05) is 10.7 Å². The SMILES string of the molecule is CCOC(=O)c1c[nH]c2c(Br)cc(F)cc2c1=O. The van der Waals surface area contributed by atoms with E-state index in [4.69, 9.17) is 4.74 Å². The molecule has 18 heavy (non-hydrogen) atoms. The molecule has 0 radical (unpaired) electrons. The first-order valence-corrected chi connectivity index (χ1v) is 6.01. The van der Waals surface area contributed by atoms with Crippen molar-refractivity contribution >= 4 is 32.8 Å². The Morgan fingerprint density at radius 3 is 2.89 bits per heavy atom. The molecule has 0 aliphatic rings. The van der Waals surface area contributed by atoms with Gasteiger partial charge in [0.05, 0.1) is 17.5 Å². The molecule has 2 aromatic rings. The number of nitrogens with one attached hydrogen (secondary N) is 1. The number of halogens is 2. The molecule has 1 aromatic heterocycles. The van der Waals surface area contributed by atoms with Gasteiger partial charge in [-0.2, -0.15) is 0 Å². The van der Waals surface area contributed by atoms with Crippen molar-refractivity contribution in [3.8, 4) is 0 Å². The molecule has 1 N–H and O–H groups in total. The van der Waals surface area contributed by atoms with Crippen LogP contribution in [0, 0.1) is 5.82 Å². The van der Waals surface area contributed by atoms with E-state index in [2.05, 4.69) is 20.9 Å². The zero-order valence-electron chi connectivity index (χ0n) is 9.42. The van der Waals surface area contributed by atoms with Crippen LogP contribution in [0.15, 0.2) is 27.6 Å². The Morgan fingerprint density at radius 2 is 2.22 bits per heavy atom. The predicted octanol–water partition coefficient (Wildman–Crippen LogP) is 2.61. The van der Waals surface area contributed by atoms with Crippen LogP contribution in [-0.4, -0.2) is 17.6 Å². The third kappa shape index (κ3) is 2.15. The second-order valence-corrected chi connectivity index (χ2v) is 4.42. The summed E-state index contributed by atoms with van der Waals surface area (Å²) in [6.45, 7) is 1.81. The van der Waals surface area contributed by atoms with Gasteiger partial charge in [0.2, 0.25) is 5.43 Å². The number of carbonyl (C=O) groups is 1. The van der Waals surface area contributed by atoms with Gasteiger partial charge in [-0.1, -0.05) is 0 Å². The van der Waals surface area contributed by atoms with Crippen molar-refractivity contribution in [1.82, 2.24) is 4.98 Å². The molecule has 0 saturated heterocycles. The van der Waals surface area contributed by atoms with E-state index in [0.717, 1.165) is 6.07 Å². The van der Waals surface area contributed by atoms with Crippen molar-refractivity contribution < 1.29 is 13.9 Å². The highest BCUT2D eigenvalue weighted by Crippen LogP contribution is 2.21. The molecule has 1 heterocycles. The van der Waals surface area contributed by atoms with Crippen molar-refractivity contribution in [2.75, 3.05) is 6.61 Å². The maximum Gasteiger partial charge on any atom is 0.343 e. The van der Waals surface area contributed by atoms with Gasteiger partial charge in [-0.15, -0.1) is 0 Å². The number of carbonyl (C=O) groups excluding carboxylic acids is 1. The van der Waals surface area contributed by atoms with Crippen molar-refractivity contribution in [1.29, 1.82) is 0 Å². The average molecular weight is 314 g/mol. The van der Waals surface area contributed by atoms with E-state index in [1.165, 1.54) is 12.3 Å². The van der Waals surface area contributed by atoms with Gasteiger partial charge >= 0.3 is 5.97 Å². The number of aromatic nitrogens is 1. The monoisotopic (exact) mass is 313 g/mol. The number of benzene rings is 1. The summed E-state index contributed by atoms with van der Waals surface area (Å²) in [5, 5.41) is 0.104. The number of fused-ring (bicyclic) bond motifs is 1. The van der Waals surface area contributed by atoms with E-state index in [1.54, 1.807) is 6.92 Å². The maximum atomic E-state index is 13.3. The lowest BCUT2D eigenvalue weighted by molar-refractivity contribution is 0.0524. The third-order valence-corrected chi connectivity index (χ3v) is 3.03. The average Bonchev–Trinajstić information content (AvgIpc) is 2.30. The molecule has 0 atom stereocenters. The number of hydrogen-bond donors (Lipinski definition) is 1. The summed E-state index contributed by atoms with van der Waals surface area (Å²) in [5.74, 6) is -1.28. The molecule has 2 rings (SSSR count). The number of H-pyrrole nitrogens is 1. The van der Waals surface area contributed by atoms with E-state index >= 15 is 0 Å². The standard InChI is InChI=1S/C12H9BrFNO3/c1-2-18-12(17)8-5-15-10-7(11(8)16)3-6(14)4-9(10)13/h3-5H,2H2,1H3,(H,15,16). The van der Waals surface area contributed by atoms with Gasteiger partial charge in [0.1, 0.15) is 11.4 Å². The van der Waals surface area contributed by atoms with Gasteiger partial charge in [-0.25, -0.2) is 9.18 Å². The maximum absolute atomic E-state index is 13.3. The van der Waals surface area contributed by atoms with Crippen LogP contribution in [0.4, 0.5) is 4.39 Å². The Morgan fingerprint density at radius 1 is 1.50 bits per heavy atom. The summed E-state index contributed by atoms with van der Waals surface area (Å²) in [4.78, 5) is 26.4. The molecule has 94 valence electrons. The van der Waals surface area contributed by atoms with Gasteiger partial charge in [-0.3, -0.25) is 4.79 Å². The fourth-order valence-electron chi connectivity index (χ4n) is 1.61. The molecule has 6 heteroatoms. The highest BCUT2D eigenvalue weighted by Gasteiger charge is 2.15. The molecule has 1 aromatic carbocycles. The number of rotatable bonds is 2. The minimum Gasteiger partial charge on any atom is -0.462 e. The van der Waals surface area contributed by atoms with Crippen molar-refractivity contribution in [3.63, 3.8) is 0 Å². The number of hydrogen-bond acceptors (Lipinski definition) is 3. The third-order valence-electron chi connectivity index (χ3n) is 2.40. The predicted molar refractivity (Wildman–Crippen MR) is 68.2 cm³/mol. The molecular formula is C12H9BrFNO3. The van der Waals surface area contributed by atoms with Crippen molar-refractivity contribution in [3.05, 3.63) is 44.4 Å². The van der Waals surface area contributed by atoms with Crippen molar-refractivity contribution in [2.24, 2.45) is 0 Å². The summed E-state index contributed by atoms with van der Waals surface area (Å²) in [7, 11) is 0. The first-order valence-electron chi connectivity index (χ1n) is 5.22. The lowest BCUT2D eigenvalue weighted by Gasteiger charge is -2.04. The fraction of sp³-hybridized carbons (Fsp3) is 0.167. The number of pyridine rings is 1. The number of esters is 1. The lowest BCUT2D eigenvalue weighted by atomic mass is 10.1. The molecular weight excluding hydrogens is 305 g/mol. The molecule has 0 bridgehead atoms. The van der Waals surface area contributed by atoms with E-state index in [1.807, 2.05) is 0 Å². The second kappa shape index (κ2) is 4.89. The Balaban J connectivity index is 2.71. The van der Waals surface area contributed by atoms with Crippen LogP contribution in [-0.2, 0) is 4.74 Å². The molecule has 0 aliphatic heterocycles. The van der Waals surface area contributed by atoms with Crippen LogP contribution < -0.4 is 5.43 Å². The highest BCUT2D eigenvalue weighted by atomic mass is 79.9. The van der Waals surface area contributed by atoms with Crippen molar-refractivity contribution in [2.45, 2.75) is 6.92 Å². The number of ether oxygens (including phenoxy) is 1. The Bertz CT molecular complexity index is 681. The van der Waals surface area contributed by atoms with Gasteiger partial charge in [0.25, 0.3) is 0 Å². The summed E-state index contributed by atoms with van der Waals surface area (Å²) in [5.41, 5.74) is -0.251. The fourth-order valence-corrected chi connectivity index (χ4v) is 2.16. The molecule has 4 nitrogen and oxygen atoms in total. The van der Waals surface area contributed by atoms with Crippen LogP contribution in [0.5, 0.6) is 0 Å². The topological polar surface area (TPSA) is 59.2 Å². The summed E-state index contributed by atoms with van der Waals surface area (Å²) in [6, 6.07) is 2.32. The molecule has 0 aliphatic carbocycles. The molecule has 0 spiro atoms. The number of aromatic amines is 1. The van der Waals surface area contributed by atoms with Crippen LogP contribution >= 0.6 is 15.9 Å². The second-order valence-electron chi connectivity index (χ2n) is 3.56. The molecule has 0 amide bonds. The quantitative estimate of drug-likeness (QED) is 0.867. The van der Waals surface area contributed by atoms with Crippen LogP contribution in [0.25, 0.3) is 10.9 Å². The van der Waals surface area contributed by atoms with E-state index < -0.39 is 17.2 Å². The van der Waals surface area contributed by atoms with Crippen LogP contribution in [0.1, 0.15) is 17.3 Å². The molecule has 0 unspecified atom stereocenters. The first kappa shape index (κ1) is 12.8. The zero-order valence-corrected chi connectivity index (χ0v) is 11.0. The smallest absolute Gasteiger partial charge is 0.343 e. The molecule has 0 saturated carbocycles. The lowest BCUT2D eigenvalue weighted by Crippen LogP contribution is -2.18. The summed E-state index contributed by atoms with van der Waals surface area (Å²) < 4.78 is 18.4. The Kier molecular flexibility index (Phi) is 3.47. The summed E-state index contributed by atoms with van der Waals surface area (Å²) >= 11 is 3.15. The van der Waals surface area contributed by atoms with Gasteiger partial charge in [-0.05, 0) is 35.0 Å². The van der Waals surface area contributed by atoms with E-state index in [9.17, 15) is 14.0 Å². The Labute approximate surface area is 110 Å². The zero-order chi connectivity index (χ0) is 13.3. The first-order chi connectivity index (χ1) is 8.54. The highest BCUT2D eigenvalue weighted by molar-refractivity contribution is 9.10. The normalized spacial score (nSPS) is 10.6. The summed E-state index contributed by atoms with van der Waals surface area (Å²) in [6.07, 6.45) is 1.27. The Hall–Kier alpha value is -1.69. The van der Waals surface area contributed by atoms with Gasteiger partial charge < -0.3 is 9.72 Å². The van der Waals surface area contributed by atoms with Gasteiger partial charge in [0.15, 0.2) is 0 Å². The van der Waals surface area contributed by atoms with E-state index in [0.29, 0.717) is 9.99 Å². The molecule has 0 fully saturated rings. The van der Waals surface area contributed by atoms with Crippen LogP contribution in [0.2, 0.25) is 0 Å².